The summed E-state index contributed by atoms with van der Waals surface area (Å²) in [5, 5.41) is 0. The molecule has 0 aliphatic carbocycles. The van der Waals surface area contributed by atoms with Crippen molar-refractivity contribution in [3.05, 3.63) is 54.1 Å². The van der Waals surface area contributed by atoms with E-state index in [1.54, 1.807) is 18.2 Å². The summed E-state index contributed by atoms with van der Waals surface area (Å²) in [7, 11) is -0.425. The van der Waals surface area contributed by atoms with Crippen LogP contribution < -0.4 is 9.47 Å². The van der Waals surface area contributed by atoms with Crippen LogP contribution in [0.5, 0.6) is 11.5 Å². The lowest BCUT2D eigenvalue weighted by atomic mass is 10.2. The maximum Gasteiger partial charge on any atom is 0.242 e. The molecule has 0 saturated carbocycles. The smallest absolute Gasteiger partial charge is 0.242 e. The third-order valence-corrected chi connectivity index (χ3v) is 5.03. The Hall–Kier alpha value is -2.05. The van der Waals surface area contributed by atoms with Gasteiger partial charge in [-0.15, -0.1) is 0 Å². The van der Waals surface area contributed by atoms with Gasteiger partial charge in [0.25, 0.3) is 0 Å². The molecule has 2 aromatic rings. The van der Waals surface area contributed by atoms with E-state index in [-0.39, 0.29) is 11.5 Å². The third-order valence-electron chi connectivity index (χ3n) is 3.22. The van der Waals surface area contributed by atoms with Gasteiger partial charge in [-0.25, -0.2) is 12.7 Å². The molecule has 2 aromatic carbocycles. The highest BCUT2D eigenvalue weighted by Gasteiger charge is 2.17. The van der Waals surface area contributed by atoms with Gasteiger partial charge >= 0.3 is 0 Å². The number of sulfonamides is 1. The molecule has 0 heterocycles. The molecule has 0 aromatic heterocycles. The highest BCUT2D eigenvalue weighted by molar-refractivity contribution is 7.89. The van der Waals surface area contributed by atoms with Gasteiger partial charge in [0.15, 0.2) is 11.5 Å². The zero-order chi connectivity index (χ0) is 16.9. The standard InChI is InChI=1S/C17H21NO4S/c1-4-21-16-10-5-6-11-17(16)22-13-14-8-7-9-15(12-14)23(19,20)18(2)3/h5-12H,4,13H2,1-3H3. The molecule has 0 fully saturated rings. The largest absolute Gasteiger partial charge is 0.490 e. The molecule has 0 N–H and O–H groups in total. The minimum absolute atomic E-state index is 0.252. The van der Waals surface area contributed by atoms with Gasteiger partial charge in [0.2, 0.25) is 10.0 Å². The molecule has 5 nitrogen and oxygen atoms in total. The number of ether oxygens (including phenoxy) is 2. The second-order valence-electron chi connectivity index (χ2n) is 5.10. The van der Waals surface area contributed by atoms with Crippen LogP contribution in [0.3, 0.4) is 0 Å². The predicted octanol–water partition coefficient (Wildman–Crippen LogP) is 2.91. The minimum atomic E-state index is -3.45. The van der Waals surface area contributed by atoms with Crippen molar-refractivity contribution in [2.24, 2.45) is 0 Å². The maximum atomic E-state index is 12.2. The molecule has 23 heavy (non-hydrogen) atoms. The van der Waals surface area contributed by atoms with Crippen LogP contribution in [0.15, 0.2) is 53.4 Å². The molecule has 0 spiro atoms. The topological polar surface area (TPSA) is 55.8 Å². The fourth-order valence-electron chi connectivity index (χ4n) is 2.01. The van der Waals surface area contributed by atoms with Crippen molar-refractivity contribution in [3.63, 3.8) is 0 Å². The van der Waals surface area contributed by atoms with Crippen LogP contribution in [0.1, 0.15) is 12.5 Å². The molecule has 6 heteroatoms. The Balaban J connectivity index is 2.16. The van der Waals surface area contributed by atoms with Crippen LogP contribution in [0.4, 0.5) is 0 Å². The number of hydrogen-bond acceptors (Lipinski definition) is 4. The quantitative estimate of drug-likeness (QED) is 0.781. The highest BCUT2D eigenvalue weighted by atomic mass is 32.2. The summed E-state index contributed by atoms with van der Waals surface area (Å²) in [4.78, 5) is 0.252. The van der Waals surface area contributed by atoms with Crippen LogP contribution in [-0.4, -0.2) is 33.4 Å². The van der Waals surface area contributed by atoms with Gasteiger partial charge in [0.1, 0.15) is 6.61 Å². The fourth-order valence-corrected chi connectivity index (χ4v) is 2.98. The first-order chi connectivity index (χ1) is 10.9. The average molecular weight is 335 g/mol. The second kappa shape index (κ2) is 7.48. The molecule has 0 amide bonds. The Morgan fingerprint density at radius 2 is 1.61 bits per heavy atom. The van der Waals surface area contributed by atoms with Crippen molar-refractivity contribution >= 4 is 10.0 Å². The third kappa shape index (κ3) is 4.24. The van der Waals surface area contributed by atoms with E-state index < -0.39 is 10.0 Å². The van der Waals surface area contributed by atoms with Gasteiger partial charge in [-0.3, -0.25) is 0 Å². The zero-order valence-electron chi connectivity index (χ0n) is 13.5. The first kappa shape index (κ1) is 17.3. The van der Waals surface area contributed by atoms with Crippen molar-refractivity contribution in [3.8, 4) is 11.5 Å². The Bertz CT molecular complexity index is 757. The van der Waals surface area contributed by atoms with Gasteiger partial charge < -0.3 is 9.47 Å². The molecule has 2 rings (SSSR count). The lowest BCUT2D eigenvalue weighted by molar-refractivity contribution is 0.269. The zero-order valence-corrected chi connectivity index (χ0v) is 14.3. The first-order valence-electron chi connectivity index (χ1n) is 7.31. The predicted molar refractivity (Wildman–Crippen MR) is 89.3 cm³/mol. The Morgan fingerprint density at radius 3 is 2.22 bits per heavy atom. The SMILES string of the molecule is CCOc1ccccc1OCc1cccc(S(=O)(=O)N(C)C)c1. The number of rotatable bonds is 7. The van der Waals surface area contributed by atoms with E-state index in [0.717, 1.165) is 5.56 Å². The van der Waals surface area contributed by atoms with Crippen LogP contribution in [0.25, 0.3) is 0 Å². The van der Waals surface area contributed by atoms with E-state index in [4.69, 9.17) is 9.47 Å². The first-order valence-corrected chi connectivity index (χ1v) is 8.75. The monoisotopic (exact) mass is 335 g/mol. The number of para-hydroxylation sites is 2. The van der Waals surface area contributed by atoms with Gasteiger partial charge in [-0.1, -0.05) is 24.3 Å². The molecule has 0 unspecified atom stereocenters. The van der Waals surface area contributed by atoms with Gasteiger partial charge in [-0.05, 0) is 36.8 Å². The Morgan fingerprint density at radius 1 is 0.957 bits per heavy atom. The normalized spacial score (nSPS) is 11.5. The minimum Gasteiger partial charge on any atom is -0.490 e. The highest BCUT2D eigenvalue weighted by Crippen LogP contribution is 2.27. The molecular formula is C17H21NO4S. The summed E-state index contributed by atoms with van der Waals surface area (Å²) in [6, 6.07) is 14.1. The van der Waals surface area contributed by atoms with E-state index in [1.165, 1.54) is 18.4 Å². The maximum absolute atomic E-state index is 12.2. The molecule has 0 atom stereocenters. The summed E-state index contributed by atoms with van der Waals surface area (Å²) in [6.45, 7) is 2.73. The van der Waals surface area contributed by atoms with Crippen LogP contribution in [0.2, 0.25) is 0 Å². The second-order valence-corrected chi connectivity index (χ2v) is 7.26. The Labute approximate surface area is 137 Å². The lowest BCUT2D eigenvalue weighted by Crippen LogP contribution is -2.22. The molecule has 0 saturated heterocycles. The van der Waals surface area contributed by atoms with Gasteiger partial charge in [0, 0.05) is 14.1 Å². The van der Waals surface area contributed by atoms with E-state index in [1.807, 2.05) is 37.3 Å². The number of benzene rings is 2. The van der Waals surface area contributed by atoms with Crippen molar-refractivity contribution in [2.75, 3.05) is 20.7 Å². The van der Waals surface area contributed by atoms with Gasteiger partial charge in [-0.2, -0.15) is 0 Å². The van der Waals surface area contributed by atoms with E-state index in [2.05, 4.69) is 0 Å². The van der Waals surface area contributed by atoms with Gasteiger partial charge in [0.05, 0.1) is 11.5 Å². The van der Waals surface area contributed by atoms with Crippen LogP contribution >= 0.6 is 0 Å². The summed E-state index contributed by atoms with van der Waals surface area (Å²) in [6.07, 6.45) is 0. The molecular weight excluding hydrogens is 314 g/mol. The summed E-state index contributed by atoms with van der Waals surface area (Å²) >= 11 is 0. The van der Waals surface area contributed by atoms with Crippen molar-refractivity contribution < 1.29 is 17.9 Å². The van der Waals surface area contributed by atoms with Crippen LogP contribution in [0, 0.1) is 0 Å². The molecule has 0 radical (unpaired) electrons. The van der Waals surface area contributed by atoms with Crippen molar-refractivity contribution in [1.29, 1.82) is 0 Å². The lowest BCUT2D eigenvalue weighted by Gasteiger charge is -2.14. The number of hydrogen-bond donors (Lipinski definition) is 0. The van der Waals surface area contributed by atoms with E-state index >= 15 is 0 Å². The molecule has 0 bridgehead atoms. The summed E-state index contributed by atoms with van der Waals surface area (Å²) in [5.41, 5.74) is 0.777. The summed E-state index contributed by atoms with van der Waals surface area (Å²) < 4.78 is 36.8. The number of nitrogens with zero attached hydrogens (tertiary/aromatic N) is 1. The molecule has 0 aliphatic heterocycles. The van der Waals surface area contributed by atoms with E-state index in [0.29, 0.717) is 18.1 Å². The summed E-state index contributed by atoms with van der Waals surface area (Å²) in [5.74, 6) is 1.31. The molecule has 0 aliphatic rings. The Kier molecular flexibility index (Phi) is 5.63. The average Bonchev–Trinajstić information content (AvgIpc) is 2.54. The van der Waals surface area contributed by atoms with Crippen molar-refractivity contribution in [1.82, 2.24) is 4.31 Å². The fraction of sp³-hybridized carbons (Fsp3) is 0.294. The van der Waals surface area contributed by atoms with Crippen LogP contribution in [-0.2, 0) is 16.6 Å². The molecule has 124 valence electrons. The van der Waals surface area contributed by atoms with E-state index in [9.17, 15) is 8.42 Å². The van der Waals surface area contributed by atoms with Crippen molar-refractivity contribution in [2.45, 2.75) is 18.4 Å².